The van der Waals surface area contributed by atoms with Crippen LogP contribution in [0.5, 0.6) is 0 Å². The number of aryl methyl sites for hydroxylation is 8. The van der Waals surface area contributed by atoms with Gasteiger partial charge in [-0.15, -0.1) is 0 Å². The molecule has 364 valence electrons. The maximum atomic E-state index is 2.37. The van der Waals surface area contributed by atoms with Crippen molar-refractivity contribution in [1.29, 1.82) is 0 Å². The van der Waals surface area contributed by atoms with Crippen LogP contribution in [0.3, 0.4) is 0 Å². The van der Waals surface area contributed by atoms with E-state index in [1.165, 1.54) is 99.3 Å². The van der Waals surface area contributed by atoms with Gasteiger partial charge in [0, 0.05) is 0 Å². The van der Waals surface area contributed by atoms with E-state index in [0.29, 0.717) is 21.7 Å². The van der Waals surface area contributed by atoms with Crippen LogP contribution in [0.2, 0.25) is 13.1 Å². The first kappa shape index (κ1) is 60.9. The number of hydrogen-bond acceptors (Lipinski definition) is 0. The van der Waals surface area contributed by atoms with E-state index < -0.39 is 0 Å². The minimum atomic E-state index is -0.122. The van der Waals surface area contributed by atoms with E-state index in [1.54, 1.807) is 102 Å². The molecular formula is C62H84Cl2Si2Zr2-2. The summed E-state index contributed by atoms with van der Waals surface area (Å²) in [6.07, 6.45) is 16.1. The van der Waals surface area contributed by atoms with Gasteiger partial charge in [-0.25, -0.2) is 24.3 Å². The number of hydrogen-bond donors (Lipinski definition) is 0. The largest absolute Gasteiger partial charge is 1.00 e. The van der Waals surface area contributed by atoms with Crippen molar-refractivity contribution in [3.63, 3.8) is 0 Å². The average Bonchev–Trinajstić information content (AvgIpc) is 4.05. The molecule has 6 heteroatoms. The molecule has 0 aliphatic heterocycles. The average molecular weight is 1140 g/mol. The molecule has 0 fully saturated rings. The Hall–Kier alpha value is -1.38. The maximum absolute atomic E-state index is 2.37. The number of halogens is 2. The number of rotatable bonds is 2. The van der Waals surface area contributed by atoms with E-state index in [0.717, 1.165) is 0 Å². The van der Waals surface area contributed by atoms with Crippen molar-refractivity contribution in [2.45, 2.75) is 195 Å². The summed E-state index contributed by atoms with van der Waals surface area (Å²) in [7, 11) is 0. The van der Waals surface area contributed by atoms with Gasteiger partial charge in [-0.2, -0.15) is 91.0 Å². The Balaban J connectivity index is 0.000000216. The molecule has 0 saturated heterocycles. The number of benzene rings is 2. The van der Waals surface area contributed by atoms with Gasteiger partial charge < -0.3 is 24.8 Å². The van der Waals surface area contributed by atoms with Gasteiger partial charge in [0.15, 0.2) is 0 Å². The third-order valence-electron chi connectivity index (χ3n) is 14.8. The molecule has 0 bridgehead atoms. The summed E-state index contributed by atoms with van der Waals surface area (Å²) in [6, 6.07) is 40.4. The van der Waals surface area contributed by atoms with Gasteiger partial charge in [0.05, 0.1) is 0 Å². The standard InChI is InChI=1S/4C12H17.2C7H8Si.2ClH.2Zr/c4*1-9-7-10-5-4-6-12(2,3)11(10)8-9;2*1-8-7-5-3-2-4-6-7;;;;/h4*7-8H,4-6H2,1-3H3;2*2-6H,1H3;2*1H;;/q4*-1;;;;;2*+2/p-2. The molecule has 6 aromatic rings. The van der Waals surface area contributed by atoms with E-state index >= 15 is 0 Å². The van der Waals surface area contributed by atoms with Crippen molar-refractivity contribution in [3.8, 4) is 0 Å². The predicted molar refractivity (Wildman–Crippen MR) is 286 cm³/mol. The molecule has 0 spiro atoms. The molecule has 68 heavy (non-hydrogen) atoms. The van der Waals surface area contributed by atoms with Crippen molar-refractivity contribution in [1.82, 2.24) is 0 Å². The summed E-state index contributed by atoms with van der Waals surface area (Å²) in [5, 5.41) is 3.11. The van der Waals surface area contributed by atoms with Gasteiger partial charge in [-0.05, 0) is 0 Å². The van der Waals surface area contributed by atoms with E-state index in [4.69, 9.17) is 0 Å². The van der Waals surface area contributed by atoms with Gasteiger partial charge in [-0.3, -0.25) is 0 Å². The van der Waals surface area contributed by atoms with Gasteiger partial charge in [-0.1, -0.05) is 182 Å². The zero-order valence-corrected chi connectivity index (χ0v) is 53.1. The van der Waals surface area contributed by atoms with Crippen LogP contribution in [-0.4, -0.2) is 10.9 Å². The van der Waals surface area contributed by atoms with E-state index in [2.05, 4.69) is 205 Å². The Morgan fingerprint density at radius 3 is 0.750 bits per heavy atom. The van der Waals surface area contributed by atoms with Crippen LogP contribution in [0, 0.1) is 27.7 Å². The van der Waals surface area contributed by atoms with Crippen molar-refractivity contribution in [2.75, 3.05) is 0 Å². The van der Waals surface area contributed by atoms with Crippen LogP contribution in [0.25, 0.3) is 0 Å². The monoisotopic (exact) mass is 1130 g/mol. The summed E-state index contributed by atoms with van der Waals surface area (Å²) in [5.74, 6) is 0. The Kier molecular flexibility index (Phi) is 24.2. The fourth-order valence-electron chi connectivity index (χ4n) is 11.0. The third-order valence-corrected chi connectivity index (χ3v) is 21.5. The molecular weight excluding hydrogens is 1050 g/mol. The van der Waals surface area contributed by atoms with Crippen molar-refractivity contribution in [3.05, 3.63) is 176 Å². The van der Waals surface area contributed by atoms with Crippen molar-refractivity contribution in [2.24, 2.45) is 0 Å². The van der Waals surface area contributed by atoms with Gasteiger partial charge >= 0.3 is 142 Å². The van der Waals surface area contributed by atoms with E-state index in [-0.39, 0.29) is 35.7 Å². The van der Waals surface area contributed by atoms with Gasteiger partial charge in [0.1, 0.15) is 0 Å². The Morgan fingerprint density at radius 2 is 0.588 bits per heavy atom. The molecule has 0 radical (unpaired) electrons. The van der Waals surface area contributed by atoms with Crippen molar-refractivity contribution < 1.29 is 71.5 Å². The second-order valence-electron chi connectivity index (χ2n) is 22.8. The van der Waals surface area contributed by atoms with Crippen LogP contribution in [0.15, 0.2) is 109 Å². The molecule has 4 aliphatic carbocycles. The van der Waals surface area contributed by atoms with Crippen LogP contribution < -0.4 is 35.2 Å². The molecule has 0 N–H and O–H groups in total. The molecule has 0 atom stereocenters. The fourth-order valence-corrected chi connectivity index (χ4v) is 14.8. The summed E-state index contributed by atoms with van der Waals surface area (Å²) in [6.45, 7) is 32.4. The molecule has 0 unspecified atom stereocenters. The Bertz CT molecular complexity index is 2190. The summed E-state index contributed by atoms with van der Waals surface area (Å²) < 4.78 is 0. The molecule has 0 aromatic heterocycles. The topological polar surface area (TPSA) is 0 Å². The zero-order valence-electron chi connectivity index (χ0n) is 44.6. The first-order valence-electron chi connectivity index (χ1n) is 25.3. The second kappa shape index (κ2) is 27.1. The summed E-state index contributed by atoms with van der Waals surface area (Å²) in [5.41, 5.74) is 20.1. The molecule has 6 aromatic carbocycles. The first-order valence-corrected chi connectivity index (χ1v) is 36.6. The predicted octanol–water partition coefficient (Wildman–Crippen LogP) is 9.44. The minimum absolute atomic E-state index is 0. The summed E-state index contributed by atoms with van der Waals surface area (Å²) in [4.78, 5) is 0. The molecule has 10 rings (SSSR count). The van der Waals surface area contributed by atoms with E-state index in [9.17, 15) is 0 Å². The van der Waals surface area contributed by atoms with Crippen molar-refractivity contribution >= 4 is 21.2 Å². The molecule has 0 saturated carbocycles. The minimum Gasteiger partial charge on any atom is -1.00 e. The smallest absolute Gasteiger partial charge is 0.0511 e. The zero-order chi connectivity index (χ0) is 48.5. The second-order valence-corrected chi connectivity index (χ2v) is 37.5. The SMILES string of the molecule is C[Si](=[Zr+2])c1ccccc1.C[Si](=[Zr+2])c1ccccc1.Cc1cc2c([cH-]1)CCCC2(C)C.Cc1cc2c([cH-]1)CCCC2(C)C.Cc1cc2c([cH-]1)CCCC2(C)C.Cc1cc2c([cH-]1)CCCC2(C)C.[Cl-].[Cl-]. The van der Waals surface area contributed by atoms with Crippen LogP contribution in [-0.2, 0) is 94.0 Å². The molecule has 0 nitrogen and oxygen atoms in total. The normalized spacial score (nSPS) is 17.0. The van der Waals surface area contributed by atoms with Crippen LogP contribution in [0.4, 0.5) is 0 Å². The molecule has 4 aliphatic rings. The van der Waals surface area contributed by atoms with Crippen LogP contribution >= 0.6 is 0 Å². The molecule has 0 amide bonds. The maximum Gasteiger partial charge on any atom is -0.0511 e. The third kappa shape index (κ3) is 17.4. The molecule has 0 heterocycles. The fraction of sp³-hybridized carbons (Fsp3) is 0.484. The van der Waals surface area contributed by atoms with Crippen LogP contribution in [0.1, 0.15) is 174 Å². The first-order chi connectivity index (χ1) is 31.0. The van der Waals surface area contributed by atoms with Gasteiger partial charge in [0.25, 0.3) is 0 Å². The summed E-state index contributed by atoms with van der Waals surface area (Å²) >= 11 is 3.38. The number of fused-ring (bicyclic) bond motifs is 4. The van der Waals surface area contributed by atoms with Gasteiger partial charge in [0.2, 0.25) is 0 Å². The quantitative estimate of drug-likeness (QED) is 0.120. The Morgan fingerprint density at radius 1 is 0.382 bits per heavy atom. The Labute approximate surface area is 459 Å². The van der Waals surface area contributed by atoms with E-state index in [1.807, 2.05) is 0 Å².